The molecular formula is C18H23NO2. The molecule has 3 atom stereocenters. The van der Waals surface area contributed by atoms with Crippen molar-refractivity contribution in [1.29, 1.82) is 0 Å². The summed E-state index contributed by atoms with van der Waals surface area (Å²) in [6.45, 7) is 6.56. The summed E-state index contributed by atoms with van der Waals surface area (Å²) in [5, 5.41) is 0. The topological polar surface area (TPSA) is 29.5 Å². The van der Waals surface area contributed by atoms with Gasteiger partial charge in [0.2, 0.25) is 5.91 Å². The highest BCUT2D eigenvalue weighted by Crippen LogP contribution is 2.46. The molecule has 0 radical (unpaired) electrons. The maximum Gasteiger partial charge on any atom is 0.231 e. The van der Waals surface area contributed by atoms with Crippen LogP contribution in [0.25, 0.3) is 0 Å². The van der Waals surface area contributed by atoms with E-state index in [1.54, 1.807) is 0 Å². The van der Waals surface area contributed by atoms with Crippen LogP contribution < -0.4 is 0 Å². The molecule has 0 aromatic heterocycles. The summed E-state index contributed by atoms with van der Waals surface area (Å²) >= 11 is 0. The van der Waals surface area contributed by atoms with Gasteiger partial charge in [-0.05, 0) is 31.2 Å². The fraction of sp³-hybridized carbons (Fsp3) is 0.500. The Kier molecular flexibility index (Phi) is 3.85. The predicted molar refractivity (Wildman–Crippen MR) is 82.5 cm³/mol. The van der Waals surface area contributed by atoms with Crippen LogP contribution in [-0.4, -0.2) is 23.6 Å². The Hall–Kier alpha value is -1.61. The molecule has 21 heavy (non-hydrogen) atoms. The number of rotatable bonds is 4. The fourth-order valence-corrected chi connectivity index (χ4v) is 3.71. The Morgan fingerprint density at radius 2 is 2.19 bits per heavy atom. The van der Waals surface area contributed by atoms with Gasteiger partial charge in [-0.3, -0.25) is 4.79 Å². The molecule has 2 saturated heterocycles. The molecule has 2 aliphatic heterocycles. The van der Waals surface area contributed by atoms with E-state index in [1.165, 1.54) is 5.56 Å². The first kappa shape index (κ1) is 14.3. The second-order valence-electron chi connectivity index (χ2n) is 6.09. The smallest absolute Gasteiger partial charge is 0.231 e. The van der Waals surface area contributed by atoms with Crippen molar-refractivity contribution in [3.8, 4) is 0 Å². The second kappa shape index (κ2) is 5.64. The van der Waals surface area contributed by atoms with Crippen LogP contribution >= 0.6 is 0 Å². The molecule has 1 amide bonds. The highest BCUT2D eigenvalue weighted by atomic mass is 16.5. The number of amides is 1. The van der Waals surface area contributed by atoms with Crippen molar-refractivity contribution in [2.24, 2.45) is 5.41 Å². The lowest BCUT2D eigenvalue weighted by molar-refractivity contribution is -0.157. The number of allylic oxidation sites excluding steroid dienone is 1. The Balaban J connectivity index is 1.92. The first-order chi connectivity index (χ1) is 10.2. The molecular weight excluding hydrogens is 262 g/mol. The van der Waals surface area contributed by atoms with Gasteiger partial charge in [-0.15, -0.1) is 6.58 Å². The van der Waals surface area contributed by atoms with Crippen LogP contribution in [0.3, 0.4) is 0 Å². The van der Waals surface area contributed by atoms with E-state index in [2.05, 4.69) is 25.6 Å². The van der Waals surface area contributed by atoms with Crippen molar-refractivity contribution in [3.05, 3.63) is 48.6 Å². The lowest BCUT2D eigenvalue weighted by Crippen LogP contribution is -2.51. The molecule has 2 aliphatic rings. The summed E-state index contributed by atoms with van der Waals surface area (Å²) in [6, 6.07) is 10.3. The number of benzene rings is 1. The first-order valence-corrected chi connectivity index (χ1v) is 7.82. The number of fused-ring (bicyclic) bond motifs is 1. The van der Waals surface area contributed by atoms with E-state index in [4.69, 9.17) is 4.74 Å². The van der Waals surface area contributed by atoms with E-state index in [0.29, 0.717) is 6.61 Å². The highest BCUT2D eigenvalue weighted by molar-refractivity contribution is 5.84. The zero-order valence-electron chi connectivity index (χ0n) is 12.6. The molecule has 0 bridgehead atoms. The van der Waals surface area contributed by atoms with E-state index in [9.17, 15) is 4.79 Å². The van der Waals surface area contributed by atoms with Gasteiger partial charge in [0.1, 0.15) is 6.23 Å². The molecule has 3 rings (SSSR count). The van der Waals surface area contributed by atoms with Crippen molar-refractivity contribution in [1.82, 2.24) is 4.90 Å². The lowest BCUT2D eigenvalue weighted by atomic mass is 9.73. The molecule has 112 valence electrons. The minimum Gasteiger partial charge on any atom is -0.356 e. The third-order valence-electron chi connectivity index (χ3n) is 5.05. The Morgan fingerprint density at radius 1 is 1.43 bits per heavy atom. The Labute approximate surface area is 126 Å². The van der Waals surface area contributed by atoms with Gasteiger partial charge in [0.15, 0.2) is 0 Å². The van der Waals surface area contributed by atoms with Crippen LogP contribution in [0, 0.1) is 5.41 Å². The zero-order valence-corrected chi connectivity index (χ0v) is 12.6. The summed E-state index contributed by atoms with van der Waals surface area (Å²) in [5.41, 5.74) is 0.887. The van der Waals surface area contributed by atoms with Crippen molar-refractivity contribution in [2.45, 2.75) is 44.9 Å². The molecule has 1 aromatic rings. The molecule has 3 nitrogen and oxygen atoms in total. The van der Waals surface area contributed by atoms with Gasteiger partial charge < -0.3 is 9.64 Å². The molecule has 1 aromatic carbocycles. The van der Waals surface area contributed by atoms with Crippen molar-refractivity contribution >= 4 is 5.91 Å². The summed E-state index contributed by atoms with van der Waals surface area (Å²) < 4.78 is 5.89. The summed E-state index contributed by atoms with van der Waals surface area (Å²) in [6.07, 6.45) is 5.28. The summed E-state index contributed by atoms with van der Waals surface area (Å²) in [7, 11) is 0. The maximum absolute atomic E-state index is 13.1. The van der Waals surface area contributed by atoms with Crippen LogP contribution in [0.2, 0.25) is 0 Å². The second-order valence-corrected chi connectivity index (χ2v) is 6.09. The Morgan fingerprint density at radius 3 is 2.86 bits per heavy atom. The summed E-state index contributed by atoms with van der Waals surface area (Å²) in [4.78, 5) is 15.1. The number of piperidine rings is 1. The molecule has 2 heterocycles. The maximum atomic E-state index is 13.1. The van der Waals surface area contributed by atoms with Crippen molar-refractivity contribution in [2.75, 3.05) is 6.61 Å². The van der Waals surface area contributed by atoms with E-state index >= 15 is 0 Å². The normalized spacial score (nSPS) is 32.0. The zero-order chi connectivity index (χ0) is 14.9. The number of hydrogen-bond donors (Lipinski definition) is 0. The Bertz CT molecular complexity index is 527. The van der Waals surface area contributed by atoms with Crippen molar-refractivity contribution in [3.63, 3.8) is 0 Å². The van der Waals surface area contributed by atoms with Gasteiger partial charge >= 0.3 is 0 Å². The number of carbonyl (C=O) groups excluding carboxylic acids is 1. The number of hydrogen-bond acceptors (Lipinski definition) is 2. The van der Waals surface area contributed by atoms with Gasteiger partial charge in [0.25, 0.3) is 0 Å². The van der Waals surface area contributed by atoms with Crippen LogP contribution in [0.15, 0.2) is 43.0 Å². The monoisotopic (exact) mass is 285 g/mol. The van der Waals surface area contributed by atoms with Crippen LogP contribution in [0.5, 0.6) is 0 Å². The van der Waals surface area contributed by atoms with Gasteiger partial charge in [0, 0.05) is 0 Å². The minimum absolute atomic E-state index is 0.0489. The SMILES string of the molecule is C=CC[C@]1(CC)CC[C@@H]2OC[C@@H](c3ccccc3)N2C1=O. The van der Waals surface area contributed by atoms with Crippen LogP contribution in [0.4, 0.5) is 0 Å². The van der Waals surface area contributed by atoms with Crippen LogP contribution in [0.1, 0.15) is 44.2 Å². The fourth-order valence-electron chi connectivity index (χ4n) is 3.71. The average Bonchev–Trinajstić information content (AvgIpc) is 2.96. The minimum atomic E-state index is -0.279. The van der Waals surface area contributed by atoms with E-state index in [1.807, 2.05) is 29.2 Å². The van der Waals surface area contributed by atoms with Gasteiger partial charge in [-0.2, -0.15) is 0 Å². The van der Waals surface area contributed by atoms with Crippen LogP contribution in [-0.2, 0) is 9.53 Å². The summed E-state index contributed by atoms with van der Waals surface area (Å²) in [5.74, 6) is 0.243. The van der Waals surface area contributed by atoms with Gasteiger partial charge in [0.05, 0.1) is 18.1 Å². The molecule has 0 spiro atoms. The third-order valence-corrected chi connectivity index (χ3v) is 5.05. The lowest BCUT2D eigenvalue weighted by Gasteiger charge is -2.43. The quantitative estimate of drug-likeness (QED) is 0.790. The molecule has 0 unspecified atom stereocenters. The molecule has 0 aliphatic carbocycles. The predicted octanol–water partition coefficient (Wildman–Crippen LogP) is 3.68. The third kappa shape index (κ3) is 2.30. The van der Waals surface area contributed by atoms with E-state index in [-0.39, 0.29) is 23.6 Å². The number of carbonyl (C=O) groups is 1. The molecule has 3 heteroatoms. The largest absolute Gasteiger partial charge is 0.356 e. The van der Waals surface area contributed by atoms with Crippen molar-refractivity contribution < 1.29 is 9.53 Å². The van der Waals surface area contributed by atoms with E-state index in [0.717, 1.165) is 25.7 Å². The van der Waals surface area contributed by atoms with Gasteiger partial charge in [-0.1, -0.05) is 43.3 Å². The standard InChI is InChI=1S/C18H23NO2/c1-3-11-18(4-2)12-10-16-19(17(18)20)15(13-21-16)14-8-6-5-7-9-14/h3,5-9,15-16H,1,4,10-13H2,2H3/t15-,16-,18+/m0/s1. The molecule has 2 fully saturated rings. The average molecular weight is 285 g/mol. The number of nitrogens with zero attached hydrogens (tertiary/aromatic N) is 1. The van der Waals surface area contributed by atoms with Gasteiger partial charge in [-0.25, -0.2) is 0 Å². The number of ether oxygens (including phenoxy) is 1. The highest BCUT2D eigenvalue weighted by Gasteiger charge is 2.50. The van der Waals surface area contributed by atoms with E-state index < -0.39 is 0 Å². The molecule has 0 saturated carbocycles. The molecule has 0 N–H and O–H groups in total. The first-order valence-electron chi connectivity index (χ1n) is 7.82.